The van der Waals surface area contributed by atoms with Crippen molar-refractivity contribution in [3.8, 4) is 17.1 Å². The third-order valence-electron chi connectivity index (χ3n) is 4.25. The molecule has 0 unspecified atom stereocenters. The van der Waals surface area contributed by atoms with Crippen LogP contribution in [0.1, 0.15) is 40.0 Å². The van der Waals surface area contributed by atoms with Gasteiger partial charge in [-0.2, -0.15) is 5.10 Å². The molecule has 6 nitrogen and oxygen atoms in total. The van der Waals surface area contributed by atoms with Gasteiger partial charge in [0.2, 0.25) is 5.91 Å². The Balaban J connectivity index is 2.10. The number of amides is 1. The number of nitrogens with one attached hydrogen (secondary N) is 1. The summed E-state index contributed by atoms with van der Waals surface area (Å²) in [5.41, 5.74) is 0.937. The number of aromatic nitrogens is 3. The zero-order chi connectivity index (χ0) is 18.9. The second-order valence-corrected chi connectivity index (χ2v) is 6.43. The van der Waals surface area contributed by atoms with Crippen LogP contribution in [0, 0.1) is 4.77 Å². The van der Waals surface area contributed by atoms with Crippen molar-refractivity contribution >= 4 is 18.1 Å². The molecule has 2 rings (SSSR count). The van der Waals surface area contributed by atoms with E-state index in [1.54, 1.807) is 0 Å². The molecule has 7 heteroatoms. The van der Waals surface area contributed by atoms with E-state index >= 15 is 0 Å². The zero-order valence-electron chi connectivity index (χ0n) is 15.8. The van der Waals surface area contributed by atoms with E-state index in [2.05, 4.69) is 17.1 Å². The summed E-state index contributed by atoms with van der Waals surface area (Å²) in [5.74, 6) is 1.71. The maximum Gasteiger partial charge on any atom is 0.224 e. The van der Waals surface area contributed by atoms with Crippen LogP contribution in [0.5, 0.6) is 5.75 Å². The first-order chi connectivity index (χ1) is 12.6. The van der Waals surface area contributed by atoms with Crippen LogP contribution in [0.15, 0.2) is 24.3 Å². The van der Waals surface area contributed by atoms with Gasteiger partial charge in [-0.3, -0.25) is 14.5 Å². The molecule has 0 saturated heterocycles. The molecule has 0 fully saturated rings. The molecule has 2 aromatic rings. The van der Waals surface area contributed by atoms with E-state index in [0.29, 0.717) is 24.3 Å². The molecule has 1 amide bonds. The Kier molecular flexibility index (Phi) is 7.84. The van der Waals surface area contributed by atoms with Gasteiger partial charge in [-0.25, -0.2) is 0 Å². The molecule has 0 aliphatic rings. The second kappa shape index (κ2) is 10.1. The minimum atomic E-state index is 0.154. The fourth-order valence-corrected chi connectivity index (χ4v) is 3.01. The summed E-state index contributed by atoms with van der Waals surface area (Å²) in [4.78, 5) is 14.4. The Bertz CT molecular complexity index is 752. The third kappa shape index (κ3) is 5.17. The maximum absolute atomic E-state index is 12.5. The minimum absolute atomic E-state index is 0.154. The summed E-state index contributed by atoms with van der Waals surface area (Å²) in [6, 6.07) is 7.73. The number of carbonyl (C=O) groups excluding carboxylic acids is 1. The second-order valence-electron chi connectivity index (χ2n) is 6.04. The quantitative estimate of drug-likeness (QED) is 0.636. The van der Waals surface area contributed by atoms with Crippen molar-refractivity contribution in [1.82, 2.24) is 19.7 Å². The minimum Gasteiger partial charge on any atom is -0.494 e. The van der Waals surface area contributed by atoms with Crippen LogP contribution in [-0.4, -0.2) is 45.3 Å². The van der Waals surface area contributed by atoms with Gasteiger partial charge in [-0.15, -0.1) is 0 Å². The molecule has 142 valence electrons. The number of carbonyl (C=O) groups is 1. The van der Waals surface area contributed by atoms with Gasteiger partial charge in [-0.05, 0) is 56.8 Å². The first-order valence-electron chi connectivity index (χ1n) is 9.26. The van der Waals surface area contributed by atoms with Crippen molar-refractivity contribution < 1.29 is 9.53 Å². The topological polar surface area (TPSA) is 63.1 Å². The Morgan fingerprint density at radius 3 is 2.62 bits per heavy atom. The Morgan fingerprint density at radius 2 is 2.00 bits per heavy atom. The number of hydrogen-bond donors (Lipinski definition) is 1. The number of unbranched alkanes of at least 4 members (excludes halogenated alkanes) is 1. The van der Waals surface area contributed by atoms with Gasteiger partial charge in [0.25, 0.3) is 0 Å². The number of nitrogens with zero attached hydrogens (tertiary/aromatic N) is 3. The Hall–Kier alpha value is -2.15. The SMILES string of the molecule is CCCCN(CC)C(=O)CCn1c(-c2ccc(OCC)cc2)n[nH]c1=S. The van der Waals surface area contributed by atoms with Crippen molar-refractivity contribution in [2.24, 2.45) is 0 Å². The summed E-state index contributed by atoms with van der Waals surface area (Å²) >= 11 is 5.35. The molecule has 0 bridgehead atoms. The van der Waals surface area contributed by atoms with Crippen LogP contribution in [0.2, 0.25) is 0 Å². The molecule has 0 atom stereocenters. The van der Waals surface area contributed by atoms with Crippen molar-refractivity contribution in [2.75, 3.05) is 19.7 Å². The summed E-state index contributed by atoms with van der Waals surface area (Å²) in [5, 5.41) is 7.17. The number of benzene rings is 1. The highest BCUT2D eigenvalue weighted by Gasteiger charge is 2.14. The largest absolute Gasteiger partial charge is 0.494 e. The lowest BCUT2D eigenvalue weighted by Crippen LogP contribution is -2.32. The predicted molar refractivity (Wildman–Crippen MR) is 106 cm³/mol. The zero-order valence-corrected chi connectivity index (χ0v) is 16.6. The molecule has 0 saturated carbocycles. The normalized spacial score (nSPS) is 10.7. The first-order valence-corrected chi connectivity index (χ1v) is 9.67. The van der Waals surface area contributed by atoms with Crippen LogP contribution in [0.4, 0.5) is 0 Å². The van der Waals surface area contributed by atoms with E-state index in [-0.39, 0.29) is 5.91 Å². The number of rotatable bonds is 10. The van der Waals surface area contributed by atoms with Gasteiger partial charge in [0, 0.05) is 31.6 Å². The lowest BCUT2D eigenvalue weighted by atomic mass is 10.2. The molecule has 0 radical (unpaired) electrons. The molecule has 1 aromatic carbocycles. The molecule has 1 heterocycles. The van der Waals surface area contributed by atoms with Gasteiger partial charge in [0.1, 0.15) is 5.75 Å². The number of H-pyrrole nitrogens is 1. The van der Waals surface area contributed by atoms with Gasteiger partial charge >= 0.3 is 0 Å². The van der Waals surface area contributed by atoms with E-state index < -0.39 is 0 Å². The highest BCUT2D eigenvalue weighted by molar-refractivity contribution is 7.71. The molecule has 1 N–H and O–H groups in total. The van der Waals surface area contributed by atoms with Crippen LogP contribution < -0.4 is 4.74 Å². The standard InChI is InChI=1S/C19H28N4O2S/c1-4-7-13-22(5-2)17(24)12-14-23-18(20-21-19(23)26)15-8-10-16(11-9-15)25-6-3/h8-11H,4-7,12-14H2,1-3H3,(H,21,26). The van der Waals surface area contributed by atoms with Crippen LogP contribution in [0.3, 0.4) is 0 Å². The van der Waals surface area contributed by atoms with E-state index in [4.69, 9.17) is 17.0 Å². The number of hydrogen-bond acceptors (Lipinski definition) is 4. The van der Waals surface area contributed by atoms with E-state index in [9.17, 15) is 4.79 Å². The average Bonchev–Trinajstić information content (AvgIpc) is 3.02. The lowest BCUT2D eigenvalue weighted by Gasteiger charge is -2.20. The van der Waals surface area contributed by atoms with Crippen molar-refractivity contribution in [1.29, 1.82) is 0 Å². The van der Waals surface area contributed by atoms with Crippen molar-refractivity contribution in [2.45, 2.75) is 46.6 Å². The highest BCUT2D eigenvalue weighted by Crippen LogP contribution is 2.21. The maximum atomic E-state index is 12.5. The fourth-order valence-electron chi connectivity index (χ4n) is 2.79. The molecular weight excluding hydrogens is 348 g/mol. The summed E-state index contributed by atoms with van der Waals surface area (Å²) in [6.45, 7) is 8.80. The summed E-state index contributed by atoms with van der Waals surface area (Å²) in [6.07, 6.45) is 2.52. The number of aromatic amines is 1. The van der Waals surface area contributed by atoms with Crippen LogP contribution in [-0.2, 0) is 11.3 Å². The van der Waals surface area contributed by atoms with Crippen LogP contribution >= 0.6 is 12.2 Å². The van der Waals surface area contributed by atoms with Crippen LogP contribution in [0.25, 0.3) is 11.4 Å². The monoisotopic (exact) mass is 376 g/mol. The first kappa shape index (κ1) is 20.2. The molecule has 0 aliphatic carbocycles. The van der Waals surface area contributed by atoms with Gasteiger partial charge in [0.05, 0.1) is 6.61 Å². The summed E-state index contributed by atoms with van der Waals surface area (Å²) < 4.78 is 7.89. The molecular formula is C19H28N4O2S. The van der Waals surface area contributed by atoms with E-state index in [0.717, 1.165) is 43.1 Å². The van der Waals surface area contributed by atoms with Crippen molar-refractivity contribution in [3.05, 3.63) is 29.0 Å². The number of ether oxygens (including phenoxy) is 1. The molecule has 26 heavy (non-hydrogen) atoms. The Labute approximate surface area is 160 Å². The van der Waals surface area contributed by atoms with Crippen molar-refractivity contribution in [3.63, 3.8) is 0 Å². The molecule has 0 aliphatic heterocycles. The highest BCUT2D eigenvalue weighted by atomic mass is 32.1. The predicted octanol–water partition coefficient (Wildman–Crippen LogP) is 4.05. The van der Waals surface area contributed by atoms with Gasteiger partial charge in [0.15, 0.2) is 10.6 Å². The third-order valence-corrected chi connectivity index (χ3v) is 4.56. The van der Waals surface area contributed by atoms with Gasteiger partial charge < -0.3 is 9.64 Å². The average molecular weight is 377 g/mol. The fraction of sp³-hybridized carbons (Fsp3) is 0.526. The van der Waals surface area contributed by atoms with Gasteiger partial charge in [-0.1, -0.05) is 13.3 Å². The Morgan fingerprint density at radius 1 is 1.27 bits per heavy atom. The lowest BCUT2D eigenvalue weighted by molar-refractivity contribution is -0.131. The summed E-state index contributed by atoms with van der Waals surface area (Å²) in [7, 11) is 0. The molecule has 1 aromatic heterocycles. The van der Waals surface area contributed by atoms with E-state index in [1.165, 1.54) is 0 Å². The van der Waals surface area contributed by atoms with E-state index in [1.807, 2.05) is 47.6 Å². The molecule has 0 spiro atoms. The smallest absolute Gasteiger partial charge is 0.224 e.